The smallest absolute Gasteiger partial charge is 0.339 e. The number of nitrogens with zero attached hydrogens (tertiary/aromatic N) is 3. The Balaban J connectivity index is 1.48. The Morgan fingerprint density at radius 3 is 2.79 bits per heavy atom. The number of amides is 1. The molecule has 1 aromatic heterocycles. The summed E-state index contributed by atoms with van der Waals surface area (Å²) in [5.74, 6) is -0.868. The minimum atomic E-state index is -0.501. The van der Waals surface area contributed by atoms with Crippen molar-refractivity contribution < 1.29 is 23.8 Å². The monoisotopic (exact) mass is 474 g/mol. The fourth-order valence-corrected chi connectivity index (χ4v) is 4.75. The summed E-state index contributed by atoms with van der Waals surface area (Å²) >= 11 is 1.41. The van der Waals surface area contributed by atoms with Gasteiger partial charge in [0.2, 0.25) is 0 Å². The van der Waals surface area contributed by atoms with Gasteiger partial charge in [0.1, 0.15) is 5.69 Å². The number of benzene rings is 1. The van der Waals surface area contributed by atoms with E-state index in [1.807, 2.05) is 6.07 Å². The number of aromatic nitrogens is 1. The molecule has 0 bridgehead atoms. The van der Waals surface area contributed by atoms with Crippen molar-refractivity contribution in [3.8, 4) is 0 Å². The highest BCUT2D eigenvalue weighted by Crippen LogP contribution is 2.28. The van der Waals surface area contributed by atoms with Crippen LogP contribution < -0.4 is 10.2 Å². The number of carbonyl (C=O) groups excluding carboxylic acids is 2. The lowest BCUT2D eigenvalue weighted by atomic mass is 10.0. The molecule has 2 saturated heterocycles. The summed E-state index contributed by atoms with van der Waals surface area (Å²) in [6.45, 7) is 8.62. The summed E-state index contributed by atoms with van der Waals surface area (Å²) in [6, 6.07) is 5.45. The Morgan fingerprint density at radius 2 is 2.09 bits per heavy atom. The molecular formula is C23H30N4O5S. The van der Waals surface area contributed by atoms with E-state index in [9.17, 15) is 9.59 Å². The number of ether oxygens (including phenoxy) is 3. The van der Waals surface area contributed by atoms with Crippen molar-refractivity contribution >= 4 is 34.0 Å². The second kappa shape index (κ2) is 9.76. The number of carbonyl (C=O) groups is 2. The molecule has 0 unspecified atom stereocenters. The van der Waals surface area contributed by atoms with Gasteiger partial charge in [0.15, 0.2) is 5.13 Å². The fraction of sp³-hybridized carbons (Fsp3) is 0.522. The van der Waals surface area contributed by atoms with Gasteiger partial charge in [-0.1, -0.05) is 6.07 Å². The Bertz CT molecular complexity index is 1020. The van der Waals surface area contributed by atoms with Gasteiger partial charge < -0.3 is 24.4 Å². The van der Waals surface area contributed by atoms with Gasteiger partial charge in [-0.3, -0.25) is 9.69 Å². The number of hydrogen-bond donors (Lipinski definition) is 1. The number of rotatable bonds is 7. The standard InChI is InChI=1S/C23H30N4O5S/c1-23(2)14-32-8-7-27(23)10-15-5-6-18(17(9-15)21(29)31-4)24-20(28)19-13-33-22(25-19)26-11-16(12-26)30-3/h5-6,9,13,16H,7-8,10-12,14H2,1-4H3,(H,24,28). The average molecular weight is 475 g/mol. The zero-order chi connectivity index (χ0) is 23.6. The lowest BCUT2D eigenvalue weighted by Gasteiger charge is -2.42. The van der Waals surface area contributed by atoms with E-state index in [4.69, 9.17) is 14.2 Å². The van der Waals surface area contributed by atoms with Gasteiger partial charge in [-0.2, -0.15) is 0 Å². The Labute approximate surface area is 197 Å². The second-order valence-electron chi connectivity index (χ2n) is 8.89. The number of thiazole rings is 1. The van der Waals surface area contributed by atoms with Crippen molar-refractivity contribution in [3.05, 3.63) is 40.4 Å². The van der Waals surface area contributed by atoms with Crippen LogP contribution in [0.3, 0.4) is 0 Å². The topological polar surface area (TPSA) is 93.2 Å². The molecule has 0 spiro atoms. The largest absolute Gasteiger partial charge is 0.465 e. The van der Waals surface area contributed by atoms with Gasteiger partial charge >= 0.3 is 5.97 Å². The number of anilines is 2. The summed E-state index contributed by atoms with van der Waals surface area (Å²) in [6.07, 6.45) is 0.204. The maximum Gasteiger partial charge on any atom is 0.339 e. The van der Waals surface area contributed by atoms with E-state index in [-0.39, 0.29) is 17.6 Å². The Morgan fingerprint density at radius 1 is 1.30 bits per heavy atom. The van der Waals surface area contributed by atoms with Crippen LogP contribution in [0.15, 0.2) is 23.6 Å². The van der Waals surface area contributed by atoms with Crippen molar-refractivity contribution in [2.24, 2.45) is 0 Å². The first kappa shape index (κ1) is 23.6. The molecule has 0 aliphatic carbocycles. The van der Waals surface area contributed by atoms with E-state index in [1.165, 1.54) is 18.4 Å². The van der Waals surface area contributed by atoms with Crippen LogP contribution in [0.4, 0.5) is 10.8 Å². The first-order valence-corrected chi connectivity index (χ1v) is 11.8. The van der Waals surface area contributed by atoms with Gasteiger partial charge in [-0.25, -0.2) is 9.78 Å². The normalized spacial score (nSPS) is 18.6. The molecular weight excluding hydrogens is 444 g/mol. The van der Waals surface area contributed by atoms with E-state index in [1.54, 1.807) is 24.6 Å². The van der Waals surface area contributed by atoms with E-state index < -0.39 is 5.97 Å². The highest BCUT2D eigenvalue weighted by Gasteiger charge is 2.31. The van der Waals surface area contributed by atoms with Crippen molar-refractivity contribution in [1.82, 2.24) is 9.88 Å². The maximum atomic E-state index is 12.8. The molecule has 0 saturated carbocycles. The predicted octanol–water partition coefficient (Wildman–Crippen LogP) is 2.63. The number of nitrogens with one attached hydrogen (secondary N) is 1. The van der Waals surface area contributed by atoms with Crippen LogP contribution in [0.2, 0.25) is 0 Å². The minimum absolute atomic E-state index is 0.0986. The maximum absolute atomic E-state index is 12.8. The molecule has 0 atom stereocenters. The van der Waals surface area contributed by atoms with Crippen LogP contribution in [0.25, 0.3) is 0 Å². The third-order valence-corrected chi connectivity index (χ3v) is 7.01. The van der Waals surface area contributed by atoms with Crippen molar-refractivity contribution in [3.63, 3.8) is 0 Å². The SMILES string of the molecule is COC(=O)c1cc(CN2CCOCC2(C)C)ccc1NC(=O)c1csc(N2CC(OC)C2)n1. The van der Waals surface area contributed by atoms with Gasteiger partial charge in [-0.05, 0) is 31.5 Å². The second-order valence-corrected chi connectivity index (χ2v) is 9.73. The summed E-state index contributed by atoms with van der Waals surface area (Å²) in [5, 5.41) is 5.33. The van der Waals surface area contributed by atoms with Gasteiger partial charge in [0.05, 0.1) is 37.7 Å². The molecule has 2 fully saturated rings. The number of hydrogen-bond acceptors (Lipinski definition) is 9. The third kappa shape index (κ3) is 5.19. The third-order valence-electron chi connectivity index (χ3n) is 6.10. The summed E-state index contributed by atoms with van der Waals surface area (Å²) in [7, 11) is 3.02. The highest BCUT2D eigenvalue weighted by atomic mass is 32.1. The first-order chi connectivity index (χ1) is 15.8. The summed E-state index contributed by atoms with van der Waals surface area (Å²) in [4.78, 5) is 34.2. The Hall–Kier alpha value is -2.53. The molecule has 10 heteroatoms. The minimum Gasteiger partial charge on any atom is -0.465 e. The molecule has 2 aromatic rings. The highest BCUT2D eigenvalue weighted by molar-refractivity contribution is 7.14. The molecule has 3 heterocycles. The molecule has 1 N–H and O–H groups in total. The molecule has 0 radical (unpaired) electrons. The summed E-state index contributed by atoms with van der Waals surface area (Å²) < 4.78 is 15.9. The van der Waals surface area contributed by atoms with Crippen molar-refractivity contribution in [2.45, 2.75) is 32.0 Å². The van der Waals surface area contributed by atoms with E-state index in [0.717, 1.165) is 30.3 Å². The average Bonchev–Trinajstić information content (AvgIpc) is 3.24. The molecule has 4 rings (SSSR count). The molecule has 9 nitrogen and oxygen atoms in total. The number of methoxy groups -OCH3 is 2. The molecule has 1 aromatic carbocycles. The van der Waals surface area contributed by atoms with Gasteiger partial charge in [0.25, 0.3) is 5.91 Å². The number of morpholine rings is 1. The van der Waals surface area contributed by atoms with Crippen LogP contribution in [0, 0.1) is 0 Å². The Kier molecular flexibility index (Phi) is 6.99. The number of esters is 1. The molecule has 33 heavy (non-hydrogen) atoms. The fourth-order valence-electron chi connectivity index (χ4n) is 3.93. The van der Waals surface area contributed by atoms with Crippen LogP contribution in [0.5, 0.6) is 0 Å². The lowest BCUT2D eigenvalue weighted by molar-refractivity contribution is -0.0552. The predicted molar refractivity (Wildman–Crippen MR) is 126 cm³/mol. The van der Waals surface area contributed by atoms with Crippen LogP contribution in [0.1, 0.15) is 40.3 Å². The van der Waals surface area contributed by atoms with E-state index >= 15 is 0 Å². The van der Waals surface area contributed by atoms with E-state index in [2.05, 4.69) is 33.9 Å². The quantitative estimate of drug-likeness (QED) is 0.613. The lowest BCUT2D eigenvalue weighted by Crippen LogP contribution is -2.52. The molecule has 2 aliphatic rings. The van der Waals surface area contributed by atoms with Gasteiger partial charge in [0, 0.05) is 44.2 Å². The molecule has 1 amide bonds. The molecule has 2 aliphatic heterocycles. The zero-order valence-corrected chi connectivity index (χ0v) is 20.2. The van der Waals surface area contributed by atoms with Crippen molar-refractivity contribution in [1.29, 1.82) is 0 Å². The van der Waals surface area contributed by atoms with Crippen LogP contribution >= 0.6 is 11.3 Å². The van der Waals surface area contributed by atoms with Crippen molar-refractivity contribution in [2.75, 3.05) is 57.3 Å². The summed E-state index contributed by atoms with van der Waals surface area (Å²) in [5.41, 5.74) is 1.89. The molecule has 178 valence electrons. The van der Waals surface area contributed by atoms with E-state index in [0.29, 0.717) is 36.7 Å². The first-order valence-electron chi connectivity index (χ1n) is 10.9. The van der Waals surface area contributed by atoms with Crippen LogP contribution in [-0.4, -0.2) is 80.5 Å². The van der Waals surface area contributed by atoms with Gasteiger partial charge in [-0.15, -0.1) is 11.3 Å². The van der Waals surface area contributed by atoms with Crippen LogP contribution in [-0.2, 0) is 20.8 Å². The zero-order valence-electron chi connectivity index (χ0n) is 19.4.